The number of aryl methyl sites for hydroxylation is 1. The lowest BCUT2D eigenvalue weighted by Crippen LogP contribution is -2.46. The first kappa shape index (κ1) is 20.5. The number of amides is 1. The highest BCUT2D eigenvalue weighted by molar-refractivity contribution is 7.89. The molecule has 0 radical (unpaired) electrons. The minimum Gasteiger partial charge on any atom is -0.472 e. The van der Waals surface area contributed by atoms with Gasteiger partial charge in [-0.1, -0.05) is 48.0 Å². The van der Waals surface area contributed by atoms with Gasteiger partial charge in [-0.05, 0) is 37.1 Å². The number of benzene rings is 2. The molecule has 1 atom stereocenters. The van der Waals surface area contributed by atoms with Crippen LogP contribution in [0.3, 0.4) is 0 Å². The molecule has 0 bridgehead atoms. The maximum atomic E-state index is 12.8. The quantitative estimate of drug-likeness (QED) is 0.439. The molecular formula is C21H21N3O4S. The van der Waals surface area contributed by atoms with Gasteiger partial charge in [0.25, 0.3) is 5.91 Å². The normalized spacial score (nSPS) is 12.7. The van der Waals surface area contributed by atoms with E-state index in [2.05, 4.69) is 15.2 Å². The molecule has 8 heteroatoms. The van der Waals surface area contributed by atoms with Gasteiger partial charge in [0, 0.05) is 5.56 Å². The largest absolute Gasteiger partial charge is 0.472 e. The highest BCUT2D eigenvalue weighted by Gasteiger charge is 2.26. The van der Waals surface area contributed by atoms with E-state index in [0.717, 1.165) is 11.1 Å². The Bertz CT molecular complexity index is 1060. The molecule has 1 heterocycles. The summed E-state index contributed by atoms with van der Waals surface area (Å²) in [7, 11) is -3.89. The zero-order valence-corrected chi connectivity index (χ0v) is 16.6. The molecule has 3 rings (SSSR count). The molecule has 7 nitrogen and oxygen atoms in total. The Morgan fingerprint density at radius 2 is 1.83 bits per heavy atom. The summed E-state index contributed by atoms with van der Waals surface area (Å²) in [5.41, 5.74) is 4.82. The molecule has 0 aliphatic heterocycles. The van der Waals surface area contributed by atoms with Crippen molar-refractivity contribution in [1.82, 2.24) is 10.1 Å². The number of carbonyl (C=O) groups is 1. The average Bonchev–Trinajstić information content (AvgIpc) is 3.22. The Morgan fingerprint density at radius 1 is 1.10 bits per heavy atom. The van der Waals surface area contributed by atoms with Crippen molar-refractivity contribution >= 4 is 22.1 Å². The van der Waals surface area contributed by atoms with E-state index in [4.69, 9.17) is 4.42 Å². The van der Waals surface area contributed by atoms with Gasteiger partial charge >= 0.3 is 0 Å². The van der Waals surface area contributed by atoms with Crippen molar-refractivity contribution in [1.29, 1.82) is 0 Å². The van der Waals surface area contributed by atoms with E-state index in [9.17, 15) is 13.2 Å². The zero-order chi connectivity index (χ0) is 20.7. The van der Waals surface area contributed by atoms with Crippen molar-refractivity contribution in [3.63, 3.8) is 0 Å². The van der Waals surface area contributed by atoms with Crippen LogP contribution in [-0.4, -0.2) is 26.6 Å². The molecule has 0 saturated heterocycles. The number of carbonyl (C=O) groups excluding carboxylic acids is 1. The van der Waals surface area contributed by atoms with Crippen LogP contribution < -0.4 is 10.1 Å². The molecule has 0 fully saturated rings. The third kappa shape index (κ3) is 5.87. The Kier molecular flexibility index (Phi) is 6.58. The van der Waals surface area contributed by atoms with Crippen LogP contribution in [0.25, 0.3) is 0 Å². The SMILES string of the molecule is Cc1ccc(S(=O)(=O)N[C@@H](Cc2ccccc2)C(=O)NN=Cc2ccoc2)cc1. The van der Waals surface area contributed by atoms with E-state index in [0.29, 0.717) is 5.56 Å². The van der Waals surface area contributed by atoms with Crippen molar-refractivity contribution < 1.29 is 17.6 Å². The molecule has 0 unspecified atom stereocenters. The summed E-state index contributed by atoms with van der Waals surface area (Å²) in [6, 6.07) is 16.2. The zero-order valence-electron chi connectivity index (χ0n) is 15.8. The van der Waals surface area contributed by atoms with Crippen LogP contribution in [0.2, 0.25) is 0 Å². The minimum atomic E-state index is -3.89. The second kappa shape index (κ2) is 9.31. The first-order valence-electron chi connectivity index (χ1n) is 8.92. The maximum absolute atomic E-state index is 12.8. The summed E-state index contributed by atoms with van der Waals surface area (Å²) in [6.45, 7) is 1.87. The Balaban J connectivity index is 1.78. The van der Waals surface area contributed by atoms with E-state index in [1.807, 2.05) is 37.3 Å². The molecule has 3 aromatic rings. The molecule has 150 valence electrons. The Labute approximate surface area is 169 Å². The highest BCUT2D eigenvalue weighted by atomic mass is 32.2. The van der Waals surface area contributed by atoms with Crippen molar-refractivity contribution in [2.45, 2.75) is 24.3 Å². The van der Waals surface area contributed by atoms with E-state index >= 15 is 0 Å². The first-order chi connectivity index (χ1) is 13.9. The van der Waals surface area contributed by atoms with Crippen molar-refractivity contribution in [3.05, 3.63) is 89.9 Å². The summed E-state index contributed by atoms with van der Waals surface area (Å²) in [6.07, 6.45) is 4.54. The predicted molar refractivity (Wildman–Crippen MR) is 110 cm³/mol. The van der Waals surface area contributed by atoms with Crippen molar-refractivity contribution in [2.24, 2.45) is 5.10 Å². The van der Waals surface area contributed by atoms with Crippen LogP contribution in [0, 0.1) is 6.92 Å². The third-order valence-corrected chi connectivity index (χ3v) is 5.65. The van der Waals surface area contributed by atoms with Crippen LogP contribution in [0.5, 0.6) is 0 Å². The molecule has 0 aliphatic carbocycles. The molecule has 0 spiro atoms. The van der Waals surface area contributed by atoms with Crippen LogP contribution in [0.15, 0.2) is 87.6 Å². The second-order valence-corrected chi connectivity index (χ2v) is 8.18. The summed E-state index contributed by atoms with van der Waals surface area (Å²) >= 11 is 0. The number of hydrogen-bond donors (Lipinski definition) is 2. The van der Waals surface area contributed by atoms with Gasteiger partial charge in [-0.25, -0.2) is 13.8 Å². The van der Waals surface area contributed by atoms with Gasteiger partial charge in [-0.2, -0.15) is 9.82 Å². The molecule has 2 N–H and O–H groups in total. The number of rotatable bonds is 8. The van der Waals surface area contributed by atoms with E-state index in [1.165, 1.54) is 30.9 Å². The second-order valence-electron chi connectivity index (χ2n) is 6.47. The number of sulfonamides is 1. The Morgan fingerprint density at radius 3 is 2.48 bits per heavy atom. The minimum absolute atomic E-state index is 0.0934. The summed E-state index contributed by atoms with van der Waals surface area (Å²) < 4.78 is 32.9. The van der Waals surface area contributed by atoms with Crippen molar-refractivity contribution in [3.8, 4) is 0 Å². The topological polar surface area (TPSA) is 101 Å². The van der Waals surface area contributed by atoms with Gasteiger partial charge < -0.3 is 4.42 Å². The summed E-state index contributed by atoms with van der Waals surface area (Å²) in [5, 5.41) is 3.87. The standard InChI is InChI=1S/C21H21N3O4S/c1-16-7-9-19(10-8-16)29(26,27)24-20(13-17-5-3-2-4-6-17)21(25)23-22-14-18-11-12-28-15-18/h2-12,14-15,20,24H,13H2,1H3,(H,23,25)/t20-/m0/s1. The smallest absolute Gasteiger partial charge is 0.258 e. The molecular weight excluding hydrogens is 390 g/mol. The summed E-state index contributed by atoms with van der Waals surface area (Å²) in [4.78, 5) is 12.8. The van der Waals surface area contributed by atoms with Crippen LogP contribution in [0.1, 0.15) is 16.7 Å². The number of furan rings is 1. The molecule has 0 aliphatic rings. The molecule has 2 aromatic carbocycles. The van der Waals surface area contributed by atoms with Crippen LogP contribution in [0.4, 0.5) is 0 Å². The monoisotopic (exact) mass is 411 g/mol. The Hall–Kier alpha value is -3.23. The summed E-state index contributed by atoms with van der Waals surface area (Å²) in [5.74, 6) is -0.565. The van der Waals surface area contributed by atoms with E-state index in [1.54, 1.807) is 18.2 Å². The first-order valence-corrected chi connectivity index (χ1v) is 10.4. The molecule has 29 heavy (non-hydrogen) atoms. The number of hydrogen-bond acceptors (Lipinski definition) is 5. The maximum Gasteiger partial charge on any atom is 0.258 e. The number of hydrazone groups is 1. The van der Waals surface area contributed by atoms with Gasteiger partial charge in [-0.15, -0.1) is 0 Å². The van der Waals surface area contributed by atoms with Gasteiger partial charge in [0.2, 0.25) is 10.0 Å². The van der Waals surface area contributed by atoms with Gasteiger partial charge in [-0.3, -0.25) is 4.79 Å². The van der Waals surface area contributed by atoms with Gasteiger partial charge in [0.1, 0.15) is 6.04 Å². The molecule has 1 amide bonds. The van der Waals surface area contributed by atoms with Gasteiger partial charge in [0.15, 0.2) is 0 Å². The molecule has 1 aromatic heterocycles. The van der Waals surface area contributed by atoms with Crippen LogP contribution in [-0.2, 0) is 21.2 Å². The van der Waals surface area contributed by atoms with E-state index in [-0.39, 0.29) is 11.3 Å². The third-order valence-electron chi connectivity index (χ3n) is 4.16. The fraction of sp³-hybridized carbons (Fsp3) is 0.143. The fourth-order valence-electron chi connectivity index (χ4n) is 2.61. The lowest BCUT2D eigenvalue weighted by molar-refractivity contribution is -0.122. The van der Waals surface area contributed by atoms with Crippen LogP contribution >= 0.6 is 0 Å². The molecule has 0 saturated carbocycles. The highest BCUT2D eigenvalue weighted by Crippen LogP contribution is 2.12. The van der Waals surface area contributed by atoms with E-state index < -0.39 is 22.0 Å². The van der Waals surface area contributed by atoms with Gasteiger partial charge in [0.05, 0.1) is 23.6 Å². The van der Waals surface area contributed by atoms with Crippen molar-refractivity contribution in [2.75, 3.05) is 0 Å². The lowest BCUT2D eigenvalue weighted by atomic mass is 10.1. The lowest BCUT2D eigenvalue weighted by Gasteiger charge is -2.17. The number of nitrogens with zero attached hydrogens (tertiary/aromatic N) is 1. The fourth-order valence-corrected chi connectivity index (χ4v) is 3.80. The average molecular weight is 411 g/mol. The predicted octanol–water partition coefficient (Wildman–Crippen LogP) is 2.63. The number of nitrogens with one attached hydrogen (secondary N) is 2.